The van der Waals surface area contributed by atoms with Crippen molar-refractivity contribution in [2.75, 3.05) is 0 Å². The van der Waals surface area contributed by atoms with Crippen molar-refractivity contribution in [1.82, 2.24) is 0 Å². The zero-order chi connectivity index (χ0) is 10.1. The van der Waals surface area contributed by atoms with Gasteiger partial charge in [-0.25, -0.2) is 0 Å². The summed E-state index contributed by atoms with van der Waals surface area (Å²) >= 11 is 7.83. The molecule has 1 aromatic carbocycles. The van der Waals surface area contributed by atoms with E-state index in [4.69, 9.17) is 16.7 Å². The SMILES string of the molecule is CCc1ccc2sc(CO)cc2c1Cl. The van der Waals surface area contributed by atoms with E-state index in [9.17, 15) is 0 Å². The molecule has 74 valence electrons. The highest BCUT2D eigenvalue weighted by atomic mass is 35.5. The summed E-state index contributed by atoms with van der Waals surface area (Å²) in [6.45, 7) is 2.18. The number of thiophene rings is 1. The number of fused-ring (bicyclic) bond motifs is 1. The van der Waals surface area contributed by atoms with Gasteiger partial charge in [-0.15, -0.1) is 11.3 Å². The van der Waals surface area contributed by atoms with Gasteiger partial charge >= 0.3 is 0 Å². The van der Waals surface area contributed by atoms with E-state index in [1.54, 1.807) is 11.3 Å². The maximum atomic E-state index is 9.02. The van der Waals surface area contributed by atoms with Crippen LogP contribution in [0, 0.1) is 0 Å². The van der Waals surface area contributed by atoms with Crippen molar-refractivity contribution in [2.24, 2.45) is 0 Å². The molecule has 2 aromatic rings. The summed E-state index contributed by atoms with van der Waals surface area (Å²) in [5.74, 6) is 0. The quantitative estimate of drug-likeness (QED) is 0.830. The first kappa shape index (κ1) is 9.97. The molecule has 1 N–H and O–H groups in total. The summed E-state index contributed by atoms with van der Waals surface area (Å²) in [5, 5.41) is 10.9. The van der Waals surface area contributed by atoms with Gasteiger partial charge in [-0.3, -0.25) is 0 Å². The molecule has 0 saturated carbocycles. The van der Waals surface area contributed by atoms with Crippen LogP contribution in [0.1, 0.15) is 17.4 Å². The molecule has 0 unspecified atom stereocenters. The average Bonchev–Trinajstić information content (AvgIpc) is 2.62. The van der Waals surface area contributed by atoms with Crippen LogP contribution in [0.2, 0.25) is 5.02 Å². The first-order valence-electron chi connectivity index (χ1n) is 4.57. The summed E-state index contributed by atoms with van der Waals surface area (Å²) < 4.78 is 1.15. The topological polar surface area (TPSA) is 20.2 Å². The molecule has 0 spiro atoms. The lowest BCUT2D eigenvalue weighted by atomic mass is 10.1. The molecule has 1 aromatic heterocycles. The molecule has 0 amide bonds. The maximum absolute atomic E-state index is 9.02. The predicted molar refractivity (Wildman–Crippen MR) is 62.1 cm³/mol. The second kappa shape index (κ2) is 3.89. The third-order valence-corrected chi connectivity index (χ3v) is 3.83. The average molecular weight is 227 g/mol. The molecule has 0 aliphatic heterocycles. The molecule has 0 aliphatic carbocycles. The van der Waals surface area contributed by atoms with Crippen LogP contribution < -0.4 is 0 Å². The van der Waals surface area contributed by atoms with E-state index in [2.05, 4.69) is 19.1 Å². The zero-order valence-electron chi connectivity index (χ0n) is 7.88. The summed E-state index contributed by atoms with van der Waals surface area (Å²) in [6.07, 6.45) is 0.944. The summed E-state index contributed by atoms with van der Waals surface area (Å²) in [5.41, 5.74) is 1.17. The molecule has 3 heteroatoms. The number of rotatable bonds is 2. The van der Waals surface area contributed by atoms with E-state index in [-0.39, 0.29) is 6.61 Å². The molecule has 2 rings (SSSR count). The van der Waals surface area contributed by atoms with Gasteiger partial charge in [0.1, 0.15) is 0 Å². The Bertz CT molecular complexity index is 462. The van der Waals surface area contributed by atoms with Gasteiger partial charge in [0.2, 0.25) is 0 Å². The fourth-order valence-corrected chi connectivity index (χ4v) is 2.87. The largest absolute Gasteiger partial charge is 0.391 e. The highest BCUT2D eigenvalue weighted by Crippen LogP contribution is 2.33. The minimum atomic E-state index is 0.0944. The third kappa shape index (κ3) is 1.54. The van der Waals surface area contributed by atoms with Crippen LogP contribution in [0.5, 0.6) is 0 Å². The van der Waals surface area contributed by atoms with Crippen molar-refractivity contribution >= 4 is 33.0 Å². The molecule has 0 atom stereocenters. The van der Waals surface area contributed by atoms with Gasteiger partial charge in [-0.1, -0.05) is 24.6 Å². The predicted octanol–water partition coefficient (Wildman–Crippen LogP) is 3.61. The Labute approximate surface area is 91.9 Å². The maximum Gasteiger partial charge on any atom is 0.0774 e. The van der Waals surface area contributed by atoms with Crippen LogP contribution in [-0.2, 0) is 13.0 Å². The van der Waals surface area contributed by atoms with Gasteiger partial charge in [-0.05, 0) is 24.1 Å². The van der Waals surface area contributed by atoms with Crippen LogP contribution in [0.15, 0.2) is 18.2 Å². The Kier molecular flexibility index (Phi) is 2.77. The molecular formula is C11H11ClOS. The second-order valence-corrected chi connectivity index (χ2v) is 4.72. The highest BCUT2D eigenvalue weighted by molar-refractivity contribution is 7.19. The number of hydrogen-bond donors (Lipinski definition) is 1. The van der Waals surface area contributed by atoms with Crippen molar-refractivity contribution in [1.29, 1.82) is 0 Å². The van der Waals surface area contributed by atoms with Gasteiger partial charge in [0, 0.05) is 15.0 Å². The molecule has 0 saturated heterocycles. The van der Waals surface area contributed by atoms with E-state index in [0.717, 1.165) is 26.4 Å². The van der Waals surface area contributed by atoms with Crippen LogP contribution in [0.4, 0.5) is 0 Å². The Morgan fingerprint density at radius 3 is 2.86 bits per heavy atom. The molecule has 1 heterocycles. The second-order valence-electron chi connectivity index (χ2n) is 3.17. The van der Waals surface area contributed by atoms with E-state index >= 15 is 0 Å². The van der Waals surface area contributed by atoms with Crippen molar-refractivity contribution < 1.29 is 5.11 Å². The van der Waals surface area contributed by atoms with E-state index < -0.39 is 0 Å². The number of hydrogen-bond acceptors (Lipinski definition) is 2. The minimum Gasteiger partial charge on any atom is -0.391 e. The fraction of sp³-hybridized carbons (Fsp3) is 0.273. The molecule has 0 aliphatic rings. The fourth-order valence-electron chi connectivity index (χ4n) is 1.53. The lowest BCUT2D eigenvalue weighted by molar-refractivity contribution is 0.285. The van der Waals surface area contributed by atoms with Crippen LogP contribution in [0.3, 0.4) is 0 Å². The van der Waals surface area contributed by atoms with Crippen molar-refractivity contribution in [3.8, 4) is 0 Å². The normalized spacial score (nSPS) is 11.1. The number of aliphatic hydroxyl groups is 1. The van der Waals surface area contributed by atoms with Crippen LogP contribution in [0.25, 0.3) is 10.1 Å². The first-order chi connectivity index (χ1) is 6.76. The van der Waals surface area contributed by atoms with E-state index in [1.807, 2.05) is 6.07 Å². The van der Waals surface area contributed by atoms with Gasteiger partial charge in [0.05, 0.1) is 11.6 Å². The molecule has 14 heavy (non-hydrogen) atoms. The van der Waals surface area contributed by atoms with E-state index in [0.29, 0.717) is 0 Å². The number of benzene rings is 1. The summed E-state index contributed by atoms with van der Waals surface area (Å²) in [7, 11) is 0. The number of aliphatic hydroxyl groups excluding tert-OH is 1. The molecule has 1 nitrogen and oxygen atoms in total. The summed E-state index contributed by atoms with van der Waals surface area (Å²) in [4.78, 5) is 0.968. The zero-order valence-corrected chi connectivity index (χ0v) is 9.45. The standard InChI is InChI=1S/C11H11ClOS/c1-2-7-3-4-10-9(11(7)12)5-8(6-13)14-10/h3-5,13H,2,6H2,1H3. The minimum absolute atomic E-state index is 0.0944. The molecular weight excluding hydrogens is 216 g/mol. The Morgan fingerprint density at radius 2 is 2.21 bits per heavy atom. The van der Waals surface area contributed by atoms with Crippen LogP contribution in [-0.4, -0.2) is 5.11 Å². The van der Waals surface area contributed by atoms with Crippen molar-refractivity contribution in [3.05, 3.63) is 33.7 Å². The highest BCUT2D eigenvalue weighted by Gasteiger charge is 2.07. The lowest BCUT2D eigenvalue weighted by Crippen LogP contribution is -1.80. The molecule has 0 bridgehead atoms. The van der Waals surface area contributed by atoms with Crippen LogP contribution >= 0.6 is 22.9 Å². The van der Waals surface area contributed by atoms with E-state index in [1.165, 1.54) is 5.56 Å². The molecule has 0 fully saturated rings. The van der Waals surface area contributed by atoms with Crippen molar-refractivity contribution in [2.45, 2.75) is 20.0 Å². The Morgan fingerprint density at radius 1 is 1.43 bits per heavy atom. The first-order valence-corrected chi connectivity index (χ1v) is 5.76. The van der Waals surface area contributed by atoms with Crippen molar-refractivity contribution in [3.63, 3.8) is 0 Å². The Hall–Kier alpha value is -0.570. The lowest BCUT2D eigenvalue weighted by Gasteiger charge is -2.00. The van der Waals surface area contributed by atoms with Gasteiger partial charge in [0.25, 0.3) is 0 Å². The number of aryl methyl sites for hydroxylation is 1. The monoisotopic (exact) mass is 226 g/mol. The Balaban J connectivity index is 2.68. The smallest absolute Gasteiger partial charge is 0.0774 e. The van der Waals surface area contributed by atoms with Gasteiger partial charge in [0.15, 0.2) is 0 Å². The summed E-state index contributed by atoms with van der Waals surface area (Å²) in [6, 6.07) is 6.10. The molecule has 0 radical (unpaired) electrons. The third-order valence-electron chi connectivity index (χ3n) is 2.30. The van der Waals surface area contributed by atoms with Gasteiger partial charge < -0.3 is 5.11 Å². The van der Waals surface area contributed by atoms with Gasteiger partial charge in [-0.2, -0.15) is 0 Å². The number of halogens is 1.